The second-order valence-electron chi connectivity index (χ2n) is 9.65. The van der Waals surface area contributed by atoms with Crippen molar-refractivity contribution >= 4 is 0 Å². The Kier molecular flexibility index (Phi) is 4.00. The first-order valence-electron chi connectivity index (χ1n) is 11.1. The Balaban J connectivity index is 1.25. The van der Waals surface area contributed by atoms with Crippen molar-refractivity contribution in [2.24, 2.45) is 5.92 Å². The Morgan fingerprint density at radius 2 is 1.44 bits per heavy atom. The molecule has 0 unspecified atom stereocenters. The topological polar surface area (TPSA) is 66.4 Å². The molecule has 0 aromatic rings. The number of ether oxygens (including phenoxy) is 5. The van der Waals surface area contributed by atoms with Gasteiger partial charge in [-0.3, -0.25) is 0 Å². The van der Waals surface area contributed by atoms with Crippen LogP contribution in [-0.4, -0.2) is 59.9 Å². The van der Waals surface area contributed by atoms with Gasteiger partial charge in [-0.15, -0.1) is 0 Å². The molecule has 3 aliphatic carbocycles. The maximum absolute atomic E-state index is 9.77. The average molecular weight is 380 g/mol. The lowest BCUT2D eigenvalue weighted by Gasteiger charge is -2.35. The van der Waals surface area contributed by atoms with Crippen LogP contribution >= 0.6 is 0 Å². The zero-order valence-corrected chi connectivity index (χ0v) is 16.1. The summed E-state index contributed by atoms with van der Waals surface area (Å²) < 4.78 is 32.5. The van der Waals surface area contributed by atoms with E-state index in [1.165, 1.54) is 25.7 Å². The molecular formula is C21H32O6. The molecule has 0 bridgehead atoms. The molecule has 3 heterocycles. The Bertz CT molecular complexity index is 583. The summed E-state index contributed by atoms with van der Waals surface area (Å²) in [5.41, 5.74) is -0.378. The van der Waals surface area contributed by atoms with E-state index in [2.05, 4.69) is 0 Å². The fourth-order valence-electron chi connectivity index (χ4n) is 6.38. The van der Waals surface area contributed by atoms with Crippen molar-refractivity contribution in [3.05, 3.63) is 0 Å². The molecule has 0 aromatic carbocycles. The SMILES string of the molecule is OC[C@@H]1C[C@@]12O[C@H]([C@H]1COC3(CCCCC3)O1)[C@@H]1OC3(CCCCC3)O[C@@H]12. The molecule has 0 radical (unpaired) electrons. The minimum Gasteiger partial charge on any atom is -0.396 e. The maximum atomic E-state index is 9.77. The summed E-state index contributed by atoms with van der Waals surface area (Å²) in [6, 6.07) is 0. The van der Waals surface area contributed by atoms with E-state index in [1.807, 2.05) is 0 Å². The van der Waals surface area contributed by atoms with Crippen molar-refractivity contribution in [1.82, 2.24) is 0 Å². The van der Waals surface area contributed by atoms with Crippen LogP contribution in [0.1, 0.15) is 70.6 Å². The Morgan fingerprint density at radius 1 is 0.741 bits per heavy atom. The van der Waals surface area contributed by atoms with Crippen LogP contribution in [0.25, 0.3) is 0 Å². The predicted octanol–water partition coefficient (Wildman–Crippen LogP) is 2.66. The number of aliphatic hydroxyl groups excluding tert-OH is 1. The van der Waals surface area contributed by atoms with E-state index in [4.69, 9.17) is 23.7 Å². The third kappa shape index (κ3) is 2.60. The lowest BCUT2D eigenvalue weighted by molar-refractivity contribution is -0.244. The first-order chi connectivity index (χ1) is 13.2. The van der Waals surface area contributed by atoms with Gasteiger partial charge < -0.3 is 28.8 Å². The number of aliphatic hydroxyl groups is 1. The summed E-state index contributed by atoms with van der Waals surface area (Å²) in [5, 5.41) is 9.77. The van der Waals surface area contributed by atoms with E-state index in [1.54, 1.807) is 0 Å². The number of hydrogen-bond acceptors (Lipinski definition) is 6. The highest BCUT2D eigenvalue weighted by Crippen LogP contribution is 2.62. The van der Waals surface area contributed by atoms with E-state index in [0.29, 0.717) is 6.61 Å². The highest BCUT2D eigenvalue weighted by atomic mass is 16.8. The van der Waals surface area contributed by atoms with Gasteiger partial charge in [0.25, 0.3) is 0 Å². The van der Waals surface area contributed by atoms with Gasteiger partial charge in [-0.25, -0.2) is 0 Å². The summed E-state index contributed by atoms with van der Waals surface area (Å²) in [7, 11) is 0. The Hall–Kier alpha value is -0.240. The summed E-state index contributed by atoms with van der Waals surface area (Å²) in [6.07, 6.45) is 11.5. The minimum absolute atomic E-state index is 0.0794. The van der Waals surface area contributed by atoms with Crippen molar-refractivity contribution in [2.45, 2.75) is 112 Å². The molecule has 3 saturated heterocycles. The van der Waals surface area contributed by atoms with Crippen LogP contribution in [0.4, 0.5) is 0 Å². The van der Waals surface area contributed by atoms with E-state index >= 15 is 0 Å². The van der Waals surface area contributed by atoms with Gasteiger partial charge in [-0.1, -0.05) is 12.8 Å². The molecule has 6 nitrogen and oxygen atoms in total. The summed E-state index contributed by atoms with van der Waals surface area (Å²) in [4.78, 5) is 0. The summed E-state index contributed by atoms with van der Waals surface area (Å²) in [5.74, 6) is -0.685. The molecule has 152 valence electrons. The molecule has 27 heavy (non-hydrogen) atoms. The molecule has 1 N–H and O–H groups in total. The van der Waals surface area contributed by atoms with E-state index in [-0.39, 0.29) is 42.5 Å². The molecule has 6 heteroatoms. The van der Waals surface area contributed by atoms with Crippen molar-refractivity contribution in [1.29, 1.82) is 0 Å². The Labute approximate surface area is 160 Å². The van der Waals surface area contributed by atoms with Crippen LogP contribution < -0.4 is 0 Å². The third-order valence-corrected chi connectivity index (χ3v) is 7.94. The van der Waals surface area contributed by atoms with Gasteiger partial charge >= 0.3 is 0 Å². The molecule has 6 atom stereocenters. The lowest BCUT2D eigenvalue weighted by atomic mass is 9.94. The predicted molar refractivity (Wildman–Crippen MR) is 95.0 cm³/mol. The van der Waals surface area contributed by atoms with Crippen LogP contribution in [0.5, 0.6) is 0 Å². The van der Waals surface area contributed by atoms with Gasteiger partial charge in [-0.2, -0.15) is 0 Å². The number of rotatable bonds is 2. The molecule has 3 saturated carbocycles. The first kappa shape index (κ1) is 17.6. The van der Waals surface area contributed by atoms with Gasteiger partial charge in [-0.05, 0) is 32.1 Å². The average Bonchev–Trinajstić information content (AvgIpc) is 2.92. The first-order valence-corrected chi connectivity index (χ1v) is 11.1. The maximum Gasteiger partial charge on any atom is 0.169 e. The van der Waals surface area contributed by atoms with Crippen LogP contribution in [0, 0.1) is 5.92 Å². The zero-order valence-electron chi connectivity index (χ0n) is 16.1. The number of fused-ring (bicyclic) bond motifs is 2. The van der Waals surface area contributed by atoms with E-state index < -0.39 is 11.6 Å². The second kappa shape index (κ2) is 6.13. The monoisotopic (exact) mass is 380 g/mol. The molecule has 0 aromatic heterocycles. The van der Waals surface area contributed by atoms with Crippen molar-refractivity contribution in [3.63, 3.8) is 0 Å². The Morgan fingerprint density at radius 3 is 2.11 bits per heavy atom. The van der Waals surface area contributed by atoms with Crippen LogP contribution in [-0.2, 0) is 23.7 Å². The van der Waals surface area contributed by atoms with Gasteiger partial charge in [0.05, 0.1) is 6.61 Å². The molecule has 3 spiro atoms. The standard InChI is InChI=1S/C21H32O6/c22-12-14-11-21(14)18-17(25-20(27-18)9-5-2-6-10-20)16(26-21)15-13-23-19(24-15)7-3-1-4-8-19/h14-18,22H,1-13H2/t14-,15+,16+,17-,18-,21+/m0/s1. The van der Waals surface area contributed by atoms with Crippen molar-refractivity contribution in [3.8, 4) is 0 Å². The van der Waals surface area contributed by atoms with Gasteiger partial charge in [0.15, 0.2) is 11.6 Å². The van der Waals surface area contributed by atoms with E-state index in [0.717, 1.165) is 44.9 Å². The van der Waals surface area contributed by atoms with Crippen LogP contribution in [0.15, 0.2) is 0 Å². The zero-order chi connectivity index (χ0) is 18.1. The number of hydrogen-bond donors (Lipinski definition) is 1. The quantitative estimate of drug-likeness (QED) is 0.795. The van der Waals surface area contributed by atoms with Crippen LogP contribution in [0.2, 0.25) is 0 Å². The summed E-state index contributed by atoms with van der Waals surface area (Å²) >= 11 is 0. The normalized spacial score (nSPS) is 49.9. The molecule has 6 rings (SSSR count). The highest BCUT2D eigenvalue weighted by molar-refractivity contribution is 5.21. The molecule has 6 fully saturated rings. The van der Waals surface area contributed by atoms with Crippen molar-refractivity contribution in [2.75, 3.05) is 13.2 Å². The molecular weight excluding hydrogens is 348 g/mol. The van der Waals surface area contributed by atoms with E-state index in [9.17, 15) is 5.11 Å². The van der Waals surface area contributed by atoms with Gasteiger partial charge in [0.2, 0.25) is 0 Å². The lowest BCUT2D eigenvalue weighted by Crippen LogP contribution is -2.43. The van der Waals surface area contributed by atoms with Gasteiger partial charge in [0.1, 0.15) is 30.0 Å². The smallest absolute Gasteiger partial charge is 0.169 e. The molecule has 0 amide bonds. The van der Waals surface area contributed by atoms with Gasteiger partial charge in [0, 0.05) is 38.2 Å². The largest absolute Gasteiger partial charge is 0.396 e. The molecule has 3 aliphatic heterocycles. The fourth-order valence-corrected chi connectivity index (χ4v) is 6.38. The van der Waals surface area contributed by atoms with Crippen molar-refractivity contribution < 1.29 is 28.8 Å². The minimum atomic E-state index is -0.437. The highest BCUT2D eigenvalue weighted by Gasteiger charge is 2.75. The second-order valence-corrected chi connectivity index (χ2v) is 9.65. The fraction of sp³-hybridized carbons (Fsp3) is 1.00. The summed E-state index contributed by atoms with van der Waals surface area (Å²) in [6.45, 7) is 0.725. The molecule has 6 aliphatic rings. The third-order valence-electron chi connectivity index (χ3n) is 7.94. The van der Waals surface area contributed by atoms with Crippen LogP contribution in [0.3, 0.4) is 0 Å².